The Morgan fingerprint density at radius 3 is 2.78 bits per heavy atom. The number of allylic oxidation sites excluding steroid dienone is 3. The average Bonchev–Trinajstić information content (AvgIpc) is 1.85. The van der Waals surface area contributed by atoms with E-state index in [1.165, 1.54) is 0 Å². The molecule has 0 aliphatic rings. The maximum atomic E-state index is 4.14. The van der Waals surface area contributed by atoms with Crippen LogP contribution in [0.25, 0.3) is 0 Å². The van der Waals surface area contributed by atoms with Crippen LogP contribution in [0.15, 0.2) is 29.8 Å². The number of aliphatic imine (C=N–C) groups is 1. The lowest BCUT2D eigenvalue weighted by atomic mass is 10.3. The van der Waals surface area contributed by atoms with Crippen molar-refractivity contribution in [1.82, 2.24) is 0 Å². The second kappa shape index (κ2) is 5.29. The van der Waals surface area contributed by atoms with Gasteiger partial charge in [-0.1, -0.05) is 18.7 Å². The van der Waals surface area contributed by atoms with Crippen molar-refractivity contribution < 1.29 is 0 Å². The molecule has 0 radical (unpaired) electrons. The number of nitrogens with zero attached hydrogens (tertiary/aromatic N) is 1. The molecule has 50 valence electrons. The number of hydrogen-bond acceptors (Lipinski definition) is 1. The molecule has 9 heavy (non-hydrogen) atoms. The van der Waals surface area contributed by atoms with Crippen LogP contribution in [0.5, 0.6) is 0 Å². The topological polar surface area (TPSA) is 12.4 Å². The minimum absolute atomic E-state index is 0.854. The molecule has 0 N–H and O–H groups in total. The first-order valence-electron chi connectivity index (χ1n) is 3.11. The summed E-state index contributed by atoms with van der Waals surface area (Å²) in [4.78, 5) is 4.14. The first kappa shape index (κ1) is 8.15. The Bertz CT molecular complexity index is 132. The molecule has 0 fully saturated rings. The van der Waals surface area contributed by atoms with Gasteiger partial charge in [0.1, 0.15) is 0 Å². The highest BCUT2D eigenvalue weighted by Crippen LogP contribution is 1.80. The van der Waals surface area contributed by atoms with Crippen molar-refractivity contribution in [3.8, 4) is 0 Å². The molecule has 0 aliphatic heterocycles. The number of hydrogen-bond donors (Lipinski definition) is 0. The van der Waals surface area contributed by atoms with Gasteiger partial charge in [0.05, 0.1) is 0 Å². The summed E-state index contributed by atoms with van der Waals surface area (Å²) >= 11 is 0. The van der Waals surface area contributed by atoms with Crippen LogP contribution in [0.2, 0.25) is 0 Å². The molecule has 0 aliphatic carbocycles. The standard InChI is InChI=1S/C8H13N/c1-4-6-7-8(3)9-5-2/h4,6-7H,1,5H2,2-3H3/b7-6-,9-8?. The van der Waals surface area contributed by atoms with Crippen molar-refractivity contribution in [2.24, 2.45) is 4.99 Å². The Hall–Kier alpha value is -0.850. The van der Waals surface area contributed by atoms with Gasteiger partial charge in [-0.05, 0) is 19.9 Å². The van der Waals surface area contributed by atoms with Gasteiger partial charge >= 0.3 is 0 Å². The van der Waals surface area contributed by atoms with Crippen LogP contribution < -0.4 is 0 Å². The zero-order valence-electron chi connectivity index (χ0n) is 6.09. The second-order valence-electron chi connectivity index (χ2n) is 1.71. The van der Waals surface area contributed by atoms with E-state index in [4.69, 9.17) is 0 Å². The first-order valence-corrected chi connectivity index (χ1v) is 3.11. The van der Waals surface area contributed by atoms with Gasteiger partial charge in [0.2, 0.25) is 0 Å². The minimum Gasteiger partial charge on any atom is -0.290 e. The second-order valence-corrected chi connectivity index (χ2v) is 1.71. The SMILES string of the molecule is C=C/C=C\C(C)=NCC. The van der Waals surface area contributed by atoms with Gasteiger partial charge < -0.3 is 0 Å². The van der Waals surface area contributed by atoms with Crippen molar-refractivity contribution in [2.75, 3.05) is 6.54 Å². The minimum atomic E-state index is 0.854. The van der Waals surface area contributed by atoms with E-state index >= 15 is 0 Å². The Balaban J connectivity index is 3.74. The molecule has 0 aromatic rings. The fraction of sp³-hybridized carbons (Fsp3) is 0.375. The third kappa shape index (κ3) is 5.01. The molecule has 0 atom stereocenters. The summed E-state index contributed by atoms with van der Waals surface area (Å²) in [6, 6.07) is 0. The van der Waals surface area contributed by atoms with E-state index in [1.807, 2.05) is 26.0 Å². The molecule has 1 nitrogen and oxygen atoms in total. The Labute approximate surface area is 56.8 Å². The van der Waals surface area contributed by atoms with Crippen molar-refractivity contribution >= 4 is 5.71 Å². The lowest BCUT2D eigenvalue weighted by molar-refractivity contribution is 1.13. The molecular weight excluding hydrogens is 110 g/mol. The van der Waals surface area contributed by atoms with Gasteiger partial charge in [0.25, 0.3) is 0 Å². The van der Waals surface area contributed by atoms with E-state index in [-0.39, 0.29) is 0 Å². The first-order chi connectivity index (χ1) is 4.31. The van der Waals surface area contributed by atoms with E-state index < -0.39 is 0 Å². The molecule has 0 saturated carbocycles. The molecule has 0 unspecified atom stereocenters. The average molecular weight is 123 g/mol. The van der Waals surface area contributed by atoms with Crippen molar-refractivity contribution in [2.45, 2.75) is 13.8 Å². The monoisotopic (exact) mass is 123 g/mol. The largest absolute Gasteiger partial charge is 0.290 e. The fourth-order valence-electron chi connectivity index (χ4n) is 0.509. The quantitative estimate of drug-likeness (QED) is 0.403. The van der Waals surface area contributed by atoms with Crippen molar-refractivity contribution in [3.63, 3.8) is 0 Å². The van der Waals surface area contributed by atoms with Crippen molar-refractivity contribution in [1.29, 1.82) is 0 Å². The van der Waals surface area contributed by atoms with Crippen LogP contribution in [0, 0.1) is 0 Å². The molecule has 0 saturated heterocycles. The van der Waals surface area contributed by atoms with Gasteiger partial charge in [-0.3, -0.25) is 4.99 Å². The summed E-state index contributed by atoms with van der Waals surface area (Å²) in [5, 5.41) is 0. The maximum absolute atomic E-state index is 4.14. The van der Waals surface area contributed by atoms with Gasteiger partial charge in [-0.15, -0.1) is 0 Å². The molecular formula is C8H13N. The summed E-state index contributed by atoms with van der Waals surface area (Å²) < 4.78 is 0. The highest BCUT2D eigenvalue weighted by molar-refractivity contribution is 5.92. The van der Waals surface area contributed by atoms with Gasteiger partial charge in [-0.25, -0.2) is 0 Å². The smallest absolute Gasteiger partial charge is 0.0364 e. The Morgan fingerprint density at radius 2 is 2.33 bits per heavy atom. The predicted molar refractivity (Wildman–Crippen MR) is 43.0 cm³/mol. The van der Waals surface area contributed by atoms with E-state index in [2.05, 4.69) is 11.6 Å². The summed E-state index contributed by atoms with van der Waals surface area (Å²) in [5.74, 6) is 0. The third-order valence-corrected chi connectivity index (χ3v) is 0.881. The normalized spacial score (nSPS) is 12.4. The maximum Gasteiger partial charge on any atom is 0.0364 e. The van der Waals surface area contributed by atoms with E-state index in [1.54, 1.807) is 6.08 Å². The van der Waals surface area contributed by atoms with Gasteiger partial charge in [-0.2, -0.15) is 0 Å². The lowest BCUT2D eigenvalue weighted by Crippen LogP contribution is -1.83. The Kier molecular flexibility index (Phi) is 4.79. The van der Waals surface area contributed by atoms with E-state index in [9.17, 15) is 0 Å². The van der Waals surface area contributed by atoms with Crippen LogP contribution >= 0.6 is 0 Å². The molecule has 0 bridgehead atoms. The van der Waals surface area contributed by atoms with Crippen LogP contribution in [-0.4, -0.2) is 12.3 Å². The predicted octanol–water partition coefficient (Wildman–Crippen LogP) is 2.21. The third-order valence-electron chi connectivity index (χ3n) is 0.881. The highest BCUT2D eigenvalue weighted by atomic mass is 14.7. The summed E-state index contributed by atoms with van der Waals surface area (Å²) in [5.41, 5.74) is 1.05. The summed E-state index contributed by atoms with van der Waals surface area (Å²) in [6.45, 7) is 8.40. The van der Waals surface area contributed by atoms with Crippen molar-refractivity contribution in [3.05, 3.63) is 24.8 Å². The van der Waals surface area contributed by atoms with E-state index in [0.29, 0.717) is 0 Å². The van der Waals surface area contributed by atoms with Crippen LogP contribution in [0.3, 0.4) is 0 Å². The molecule has 1 heteroatoms. The zero-order valence-corrected chi connectivity index (χ0v) is 6.09. The molecule has 0 aromatic carbocycles. The van der Waals surface area contributed by atoms with Crippen LogP contribution in [0.4, 0.5) is 0 Å². The molecule has 0 amide bonds. The highest BCUT2D eigenvalue weighted by Gasteiger charge is 1.76. The van der Waals surface area contributed by atoms with Gasteiger partial charge in [0, 0.05) is 12.3 Å². The Morgan fingerprint density at radius 1 is 1.67 bits per heavy atom. The fourth-order valence-corrected chi connectivity index (χ4v) is 0.509. The molecule has 0 spiro atoms. The summed E-state index contributed by atoms with van der Waals surface area (Å²) in [7, 11) is 0. The lowest BCUT2D eigenvalue weighted by Gasteiger charge is -1.85. The summed E-state index contributed by atoms with van der Waals surface area (Å²) in [6.07, 6.45) is 5.57. The van der Waals surface area contributed by atoms with Crippen LogP contribution in [-0.2, 0) is 0 Å². The van der Waals surface area contributed by atoms with Gasteiger partial charge in [0.15, 0.2) is 0 Å². The zero-order chi connectivity index (χ0) is 7.11. The number of rotatable bonds is 3. The van der Waals surface area contributed by atoms with Crippen LogP contribution in [0.1, 0.15) is 13.8 Å². The molecule has 0 heterocycles. The molecule has 0 aromatic heterocycles. The van der Waals surface area contributed by atoms with E-state index in [0.717, 1.165) is 12.3 Å². The molecule has 0 rings (SSSR count).